The summed E-state index contributed by atoms with van der Waals surface area (Å²) in [6.45, 7) is 10.4. The van der Waals surface area contributed by atoms with E-state index in [4.69, 9.17) is 9.15 Å². The van der Waals surface area contributed by atoms with Gasteiger partial charge in [0.1, 0.15) is 23.9 Å². The molecule has 162 valence electrons. The van der Waals surface area contributed by atoms with Gasteiger partial charge in [-0.2, -0.15) is 0 Å². The lowest BCUT2D eigenvalue weighted by molar-refractivity contribution is 0.0845. The zero-order chi connectivity index (χ0) is 22.6. The molecule has 0 aliphatic heterocycles. The van der Waals surface area contributed by atoms with Gasteiger partial charge < -0.3 is 9.15 Å². The molecule has 0 radical (unpaired) electrons. The number of furan rings is 1. The molecule has 3 aromatic rings. The third-order valence-corrected chi connectivity index (χ3v) is 4.92. The predicted molar refractivity (Wildman–Crippen MR) is 119 cm³/mol. The summed E-state index contributed by atoms with van der Waals surface area (Å²) in [7, 11) is 0. The maximum atomic E-state index is 12.3. The van der Waals surface area contributed by atoms with Crippen LogP contribution < -0.4 is 15.6 Å². The number of hydrogen-bond donors (Lipinski definition) is 2. The van der Waals surface area contributed by atoms with Gasteiger partial charge in [-0.25, -0.2) is 0 Å². The third-order valence-electron chi connectivity index (χ3n) is 4.92. The fourth-order valence-electron chi connectivity index (χ4n) is 3.08. The van der Waals surface area contributed by atoms with Crippen molar-refractivity contribution in [3.63, 3.8) is 0 Å². The van der Waals surface area contributed by atoms with E-state index in [2.05, 4.69) is 43.8 Å². The number of carbonyl (C=O) groups is 2. The van der Waals surface area contributed by atoms with Crippen LogP contribution in [0.3, 0.4) is 0 Å². The smallest absolute Gasteiger partial charge is 0.273 e. The molecule has 2 N–H and O–H groups in total. The molecule has 2 amide bonds. The number of hydrogen-bond acceptors (Lipinski definition) is 4. The number of carbonyl (C=O) groups excluding carboxylic acids is 2. The first-order chi connectivity index (χ1) is 14.6. The first-order valence-electron chi connectivity index (χ1n) is 10.1. The van der Waals surface area contributed by atoms with Crippen LogP contribution in [-0.2, 0) is 12.0 Å². The van der Waals surface area contributed by atoms with Crippen molar-refractivity contribution < 1.29 is 18.7 Å². The van der Waals surface area contributed by atoms with Crippen molar-refractivity contribution in [3.8, 4) is 5.75 Å². The molecule has 31 heavy (non-hydrogen) atoms. The fourth-order valence-corrected chi connectivity index (χ4v) is 3.08. The largest absolute Gasteiger partial charge is 0.489 e. The molecule has 0 saturated carbocycles. The molecule has 6 nitrogen and oxygen atoms in total. The van der Waals surface area contributed by atoms with Crippen molar-refractivity contribution in [2.75, 3.05) is 0 Å². The second kappa shape index (κ2) is 9.08. The summed E-state index contributed by atoms with van der Waals surface area (Å²) in [5.74, 6) is 1.10. The second-order valence-electron chi connectivity index (χ2n) is 8.50. The standard InChI is InChI=1S/C25H28N2O4/c1-16-14-22(17(2)31-16)24(29)27-26-23(28)19-8-6-18(7-9-19)15-30-21-12-10-20(11-13-21)25(3,4)5/h6-14H,15H2,1-5H3,(H,26,28)(H,27,29). The van der Waals surface area contributed by atoms with Crippen molar-refractivity contribution in [1.29, 1.82) is 0 Å². The molecular weight excluding hydrogens is 392 g/mol. The van der Waals surface area contributed by atoms with E-state index in [1.54, 1.807) is 32.0 Å². The summed E-state index contributed by atoms with van der Waals surface area (Å²) in [6, 6.07) is 16.7. The van der Waals surface area contributed by atoms with E-state index in [1.807, 2.05) is 24.3 Å². The molecule has 6 heteroatoms. The monoisotopic (exact) mass is 420 g/mol. The van der Waals surface area contributed by atoms with Gasteiger partial charge in [-0.05, 0) is 60.7 Å². The molecule has 1 heterocycles. The highest BCUT2D eigenvalue weighted by Crippen LogP contribution is 2.24. The highest BCUT2D eigenvalue weighted by molar-refractivity contribution is 5.99. The maximum absolute atomic E-state index is 12.3. The van der Waals surface area contributed by atoms with Gasteiger partial charge in [-0.15, -0.1) is 0 Å². The lowest BCUT2D eigenvalue weighted by Gasteiger charge is -2.19. The van der Waals surface area contributed by atoms with E-state index in [0.29, 0.717) is 29.3 Å². The minimum Gasteiger partial charge on any atom is -0.489 e. The maximum Gasteiger partial charge on any atom is 0.273 e. The zero-order valence-corrected chi connectivity index (χ0v) is 18.5. The van der Waals surface area contributed by atoms with Crippen molar-refractivity contribution >= 4 is 11.8 Å². The van der Waals surface area contributed by atoms with E-state index in [-0.39, 0.29) is 5.41 Å². The molecule has 3 rings (SSSR count). The molecule has 0 fully saturated rings. The van der Waals surface area contributed by atoms with Gasteiger partial charge in [0, 0.05) is 5.56 Å². The third kappa shape index (κ3) is 5.75. The topological polar surface area (TPSA) is 80.6 Å². The summed E-state index contributed by atoms with van der Waals surface area (Å²) in [6.07, 6.45) is 0. The average molecular weight is 421 g/mol. The first-order valence-corrected chi connectivity index (χ1v) is 10.1. The van der Waals surface area contributed by atoms with E-state index in [9.17, 15) is 9.59 Å². The van der Waals surface area contributed by atoms with Crippen LogP contribution in [0.1, 0.15) is 64.1 Å². The van der Waals surface area contributed by atoms with Gasteiger partial charge in [0.2, 0.25) is 0 Å². The number of benzene rings is 2. The van der Waals surface area contributed by atoms with E-state index >= 15 is 0 Å². The van der Waals surface area contributed by atoms with E-state index < -0.39 is 11.8 Å². The Balaban J connectivity index is 1.51. The van der Waals surface area contributed by atoms with Crippen LogP contribution >= 0.6 is 0 Å². The highest BCUT2D eigenvalue weighted by atomic mass is 16.5. The minimum absolute atomic E-state index is 0.102. The van der Waals surface area contributed by atoms with Crippen molar-refractivity contribution in [2.24, 2.45) is 0 Å². The number of ether oxygens (including phenoxy) is 1. The Kier molecular flexibility index (Phi) is 6.49. The first kappa shape index (κ1) is 22.2. The Morgan fingerprint density at radius 2 is 1.52 bits per heavy atom. The van der Waals surface area contributed by atoms with Crippen LogP contribution in [0, 0.1) is 13.8 Å². The van der Waals surface area contributed by atoms with Gasteiger partial charge in [-0.3, -0.25) is 20.4 Å². The Morgan fingerprint density at radius 1 is 0.903 bits per heavy atom. The lowest BCUT2D eigenvalue weighted by atomic mass is 9.87. The number of aryl methyl sites for hydroxylation is 2. The fraction of sp³-hybridized carbons (Fsp3) is 0.280. The molecule has 0 aliphatic rings. The molecule has 2 aromatic carbocycles. The van der Waals surface area contributed by atoms with Crippen LogP contribution in [0.15, 0.2) is 59.0 Å². The normalized spacial score (nSPS) is 11.1. The van der Waals surface area contributed by atoms with Gasteiger partial charge in [0.25, 0.3) is 11.8 Å². The summed E-state index contributed by atoms with van der Waals surface area (Å²) < 4.78 is 11.2. The summed E-state index contributed by atoms with van der Waals surface area (Å²) in [5, 5.41) is 0. The molecule has 0 spiro atoms. The molecule has 0 atom stereocenters. The molecular formula is C25H28N2O4. The minimum atomic E-state index is -0.426. The average Bonchev–Trinajstić information content (AvgIpc) is 3.08. The van der Waals surface area contributed by atoms with Crippen molar-refractivity contribution in [3.05, 3.63) is 88.4 Å². The summed E-state index contributed by atoms with van der Waals surface area (Å²) in [4.78, 5) is 24.5. The Morgan fingerprint density at radius 3 is 2.06 bits per heavy atom. The number of hydrazine groups is 1. The van der Waals surface area contributed by atoms with Gasteiger partial charge in [0.05, 0.1) is 5.56 Å². The van der Waals surface area contributed by atoms with E-state index in [0.717, 1.165) is 11.3 Å². The summed E-state index contributed by atoms with van der Waals surface area (Å²) in [5.41, 5.74) is 7.93. The van der Waals surface area contributed by atoms with Crippen LogP contribution in [0.2, 0.25) is 0 Å². The molecule has 0 unspecified atom stereocenters. The summed E-state index contributed by atoms with van der Waals surface area (Å²) >= 11 is 0. The Labute approximate surface area is 182 Å². The SMILES string of the molecule is Cc1cc(C(=O)NNC(=O)c2ccc(COc3ccc(C(C)(C)C)cc3)cc2)c(C)o1. The van der Waals surface area contributed by atoms with Crippen molar-refractivity contribution in [1.82, 2.24) is 10.9 Å². The number of nitrogens with one attached hydrogen (secondary N) is 2. The van der Waals surface area contributed by atoms with Gasteiger partial charge in [-0.1, -0.05) is 45.0 Å². The number of amides is 2. The highest BCUT2D eigenvalue weighted by Gasteiger charge is 2.15. The van der Waals surface area contributed by atoms with Gasteiger partial charge >= 0.3 is 0 Å². The van der Waals surface area contributed by atoms with Crippen LogP contribution in [0.4, 0.5) is 0 Å². The second-order valence-corrected chi connectivity index (χ2v) is 8.50. The molecule has 1 aromatic heterocycles. The molecule has 0 aliphatic carbocycles. The molecule has 0 bridgehead atoms. The van der Waals surface area contributed by atoms with Crippen LogP contribution in [0.25, 0.3) is 0 Å². The quantitative estimate of drug-likeness (QED) is 0.579. The van der Waals surface area contributed by atoms with E-state index in [1.165, 1.54) is 5.56 Å². The Hall–Kier alpha value is -3.54. The predicted octanol–water partition coefficient (Wildman–Crippen LogP) is 4.85. The van der Waals surface area contributed by atoms with Gasteiger partial charge in [0.15, 0.2) is 0 Å². The van der Waals surface area contributed by atoms with Crippen molar-refractivity contribution in [2.45, 2.75) is 46.6 Å². The zero-order valence-electron chi connectivity index (χ0n) is 18.5. The molecule has 0 saturated heterocycles. The van der Waals surface area contributed by atoms with Crippen LogP contribution in [0.5, 0.6) is 5.75 Å². The Bertz CT molecular complexity index is 1060. The van der Waals surface area contributed by atoms with Crippen LogP contribution in [-0.4, -0.2) is 11.8 Å². The number of rotatable bonds is 5. The lowest BCUT2D eigenvalue weighted by Crippen LogP contribution is -2.41.